The third-order valence-corrected chi connectivity index (χ3v) is 3.18. The van der Waals surface area contributed by atoms with Crippen molar-refractivity contribution < 1.29 is 9.15 Å². The van der Waals surface area contributed by atoms with Crippen LogP contribution in [0.25, 0.3) is 0 Å². The van der Waals surface area contributed by atoms with Crippen molar-refractivity contribution in [3.8, 4) is 0 Å². The Balaban J connectivity index is 1.68. The molecule has 1 aliphatic rings. The molecule has 0 aliphatic carbocycles. The zero-order chi connectivity index (χ0) is 13.5. The van der Waals surface area contributed by atoms with Gasteiger partial charge in [-0.2, -0.15) is 0 Å². The van der Waals surface area contributed by atoms with Crippen molar-refractivity contribution in [3.05, 3.63) is 5.89 Å². The maximum Gasteiger partial charge on any atom is 0.315 e. The summed E-state index contributed by atoms with van der Waals surface area (Å²) in [5.41, 5.74) is 0. The van der Waals surface area contributed by atoms with Crippen LogP contribution in [-0.4, -0.2) is 36.5 Å². The van der Waals surface area contributed by atoms with Crippen molar-refractivity contribution in [2.45, 2.75) is 33.2 Å². The molecule has 2 heterocycles. The zero-order valence-electron chi connectivity index (χ0n) is 11.8. The van der Waals surface area contributed by atoms with Crippen molar-refractivity contribution in [3.63, 3.8) is 0 Å². The summed E-state index contributed by atoms with van der Waals surface area (Å²) in [6.45, 7) is 8.52. The third-order valence-electron chi connectivity index (χ3n) is 3.18. The molecule has 2 N–H and O–H groups in total. The van der Waals surface area contributed by atoms with Gasteiger partial charge in [0.05, 0.1) is 6.54 Å². The average molecular weight is 268 g/mol. The predicted molar refractivity (Wildman–Crippen MR) is 72.9 cm³/mol. The highest BCUT2D eigenvalue weighted by Gasteiger charge is 2.14. The minimum Gasteiger partial charge on any atom is -0.407 e. The third kappa shape index (κ3) is 5.16. The van der Waals surface area contributed by atoms with Crippen LogP contribution >= 0.6 is 0 Å². The number of hydrogen-bond acceptors (Lipinski definition) is 6. The summed E-state index contributed by atoms with van der Waals surface area (Å²) in [5.74, 6) is 1.90. The number of rotatable bonds is 7. The molecule has 1 saturated heterocycles. The first-order valence-corrected chi connectivity index (χ1v) is 7.08. The number of anilines is 1. The Morgan fingerprint density at radius 1 is 1.26 bits per heavy atom. The molecule has 108 valence electrons. The summed E-state index contributed by atoms with van der Waals surface area (Å²) in [7, 11) is 0. The number of hydrogen-bond donors (Lipinski definition) is 2. The predicted octanol–water partition coefficient (Wildman–Crippen LogP) is 1.65. The number of aromatic nitrogens is 2. The molecule has 0 bridgehead atoms. The van der Waals surface area contributed by atoms with Crippen LogP contribution < -0.4 is 10.6 Å². The molecule has 0 atom stereocenters. The maximum atomic E-state index is 5.53. The van der Waals surface area contributed by atoms with Gasteiger partial charge in [-0.15, -0.1) is 5.10 Å². The van der Waals surface area contributed by atoms with Crippen molar-refractivity contribution in [1.29, 1.82) is 0 Å². The standard InChI is InChI=1S/C13H24N4O2/c1-10(2)7-14-9-12-16-17-13(19-12)15-8-11-3-5-18-6-4-11/h10-11,14H,3-9H2,1-2H3,(H,15,17). The van der Waals surface area contributed by atoms with Crippen LogP contribution in [0.4, 0.5) is 6.01 Å². The first kappa shape index (κ1) is 14.3. The Morgan fingerprint density at radius 3 is 2.79 bits per heavy atom. The van der Waals surface area contributed by atoms with E-state index in [1.807, 2.05) is 0 Å². The van der Waals surface area contributed by atoms with Gasteiger partial charge >= 0.3 is 6.01 Å². The van der Waals surface area contributed by atoms with E-state index in [9.17, 15) is 0 Å². The Morgan fingerprint density at radius 2 is 2.05 bits per heavy atom. The molecule has 1 aromatic heterocycles. The van der Waals surface area contributed by atoms with Gasteiger partial charge in [0.2, 0.25) is 5.89 Å². The molecule has 0 spiro atoms. The highest BCUT2D eigenvalue weighted by atomic mass is 16.5. The maximum absolute atomic E-state index is 5.53. The average Bonchev–Trinajstić information content (AvgIpc) is 2.85. The van der Waals surface area contributed by atoms with Crippen LogP contribution in [0.3, 0.4) is 0 Å². The molecule has 0 saturated carbocycles. The molecular formula is C13H24N4O2. The molecule has 19 heavy (non-hydrogen) atoms. The van der Waals surface area contributed by atoms with Crippen LogP contribution in [0.2, 0.25) is 0 Å². The molecule has 6 heteroatoms. The lowest BCUT2D eigenvalue weighted by molar-refractivity contribution is 0.0698. The quantitative estimate of drug-likeness (QED) is 0.783. The Kier molecular flexibility index (Phi) is 5.60. The lowest BCUT2D eigenvalue weighted by Crippen LogP contribution is -2.22. The molecule has 6 nitrogen and oxygen atoms in total. The first-order chi connectivity index (χ1) is 9.24. The van der Waals surface area contributed by atoms with E-state index >= 15 is 0 Å². The van der Waals surface area contributed by atoms with Gasteiger partial charge in [0.1, 0.15) is 0 Å². The van der Waals surface area contributed by atoms with E-state index < -0.39 is 0 Å². The molecule has 1 aromatic rings. The molecule has 0 radical (unpaired) electrons. The molecule has 1 aliphatic heterocycles. The number of nitrogens with one attached hydrogen (secondary N) is 2. The van der Waals surface area contributed by atoms with E-state index in [4.69, 9.17) is 9.15 Å². The fraction of sp³-hybridized carbons (Fsp3) is 0.846. The summed E-state index contributed by atoms with van der Waals surface area (Å²) in [5, 5.41) is 14.5. The minimum absolute atomic E-state index is 0.521. The lowest BCUT2D eigenvalue weighted by Gasteiger charge is -2.21. The normalized spacial score (nSPS) is 17.0. The molecule has 0 unspecified atom stereocenters. The van der Waals surface area contributed by atoms with E-state index in [0.717, 1.165) is 39.1 Å². The molecule has 1 fully saturated rings. The van der Waals surface area contributed by atoms with Crippen molar-refractivity contribution >= 4 is 6.01 Å². The van der Waals surface area contributed by atoms with Gasteiger partial charge in [0.15, 0.2) is 0 Å². The molecular weight excluding hydrogens is 244 g/mol. The van der Waals surface area contributed by atoms with Gasteiger partial charge in [-0.3, -0.25) is 0 Å². The fourth-order valence-electron chi connectivity index (χ4n) is 2.05. The second-order valence-electron chi connectivity index (χ2n) is 5.46. The Hall–Kier alpha value is -1.14. The summed E-state index contributed by atoms with van der Waals surface area (Å²) >= 11 is 0. The van der Waals surface area contributed by atoms with Crippen LogP contribution in [0.1, 0.15) is 32.6 Å². The van der Waals surface area contributed by atoms with Gasteiger partial charge < -0.3 is 19.8 Å². The first-order valence-electron chi connectivity index (χ1n) is 7.08. The lowest BCUT2D eigenvalue weighted by atomic mass is 10.0. The van der Waals surface area contributed by atoms with E-state index in [1.165, 1.54) is 0 Å². The summed E-state index contributed by atoms with van der Waals surface area (Å²) < 4.78 is 10.9. The molecule has 0 aromatic carbocycles. The SMILES string of the molecule is CC(C)CNCc1nnc(NCC2CCOCC2)o1. The van der Waals surface area contributed by atoms with E-state index in [-0.39, 0.29) is 0 Å². The minimum atomic E-state index is 0.521. The second-order valence-corrected chi connectivity index (χ2v) is 5.46. The monoisotopic (exact) mass is 268 g/mol. The van der Waals surface area contributed by atoms with E-state index in [1.54, 1.807) is 0 Å². The smallest absolute Gasteiger partial charge is 0.315 e. The van der Waals surface area contributed by atoms with Gasteiger partial charge in [-0.1, -0.05) is 18.9 Å². The summed E-state index contributed by atoms with van der Waals surface area (Å²) in [4.78, 5) is 0. The van der Waals surface area contributed by atoms with Gasteiger partial charge in [-0.25, -0.2) is 0 Å². The van der Waals surface area contributed by atoms with E-state index in [0.29, 0.717) is 30.3 Å². The Labute approximate surface area is 114 Å². The topological polar surface area (TPSA) is 72.2 Å². The van der Waals surface area contributed by atoms with Crippen LogP contribution in [0.15, 0.2) is 4.42 Å². The summed E-state index contributed by atoms with van der Waals surface area (Å²) in [6, 6.07) is 0.521. The van der Waals surface area contributed by atoms with Gasteiger partial charge in [-0.05, 0) is 31.2 Å². The van der Waals surface area contributed by atoms with Crippen molar-refractivity contribution in [2.75, 3.05) is 31.6 Å². The van der Waals surface area contributed by atoms with E-state index in [2.05, 4.69) is 34.7 Å². The Bertz CT molecular complexity index is 361. The fourth-order valence-corrected chi connectivity index (χ4v) is 2.05. The largest absolute Gasteiger partial charge is 0.407 e. The van der Waals surface area contributed by atoms with Gasteiger partial charge in [0, 0.05) is 19.8 Å². The van der Waals surface area contributed by atoms with Crippen LogP contribution in [0.5, 0.6) is 0 Å². The molecule has 2 rings (SSSR count). The van der Waals surface area contributed by atoms with Crippen molar-refractivity contribution in [1.82, 2.24) is 15.5 Å². The van der Waals surface area contributed by atoms with Crippen LogP contribution in [-0.2, 0) is 11.3 Å². The van der Waals surface area contributed by atoms with Crippen LogP contribution in [0, 0.1) is 11.8 Å². The summed E-state index contributed by atoms with van der Waals surface area (Å²) in [6.07, 6.45) is 2.20. The second kappa shape index (κ2) is 7.45. The highest BCUT2D eigenvalue weighted by Crippen LogP contribution is 2.15. The zero-order valence-corrected chi connectivity index (χ0v) is 11.8. The van der Waals surface area contributed by atoms with Gasteiger partial charge in [0.25, 0.3) is 0 Å². The molecule has 0 amide bonds. The number of nitrogens with zero attached hydrogens (tertiary/aromatic N) is 2. The highest BCUT2D eigenvalue weighted by molar-refractivity contribution is 5.16. The number of ether oxygens (including phenoxy) is 1. The van der Waals surface area contributed by atoms with Crippen molar-refractivity contribution in [2.24, 2.45) is 11.8 Å².